The Morgan fingerprint density at radius 3 is 2.50 bits per heavy atom. The lowest BCUT2D eigenvalue weighted by molar-refractivity contribution is 0.0223. The summed E-state index contributed by atoms with van der Waals surface area (Å²) in [5.41, 5.74) is 5.46. The van der Waals surface area contributed by atoms with Crippen LogP contribution < -0.4 is 9.04 Å². The van der Waals surface area contributed by atoms with E-state index >= 15 is 0 Å². The molecule has 0 aliphatic carbocycles. The van der Waals surface area contributed by atoms with E-state index in [0.717, 1.165) is 32.1 Å². The minimum atomic E-state index is -4.24. The average molecular weight is 700 g/mol. The third-order valence-electron chi connectivity index (χ3n) is 9.06. The molecule has 10 nitrogen and oxygen atoms in total. The van der Waals surface area contributed by atoms with E-state index in [1.165, 1.54) is 23.8 Å². The Kier molecular flexibility index (Phi) is 9.34. The number of anilines is 1. The number of methoxy groups -OCH3 is 1. The van der Waals surface area contributed by atoms with Crippen molar-refractivity contribution in [3.05, 3.63) is 112 Å². The first-order chi connectivity index (χ1) is 23.7. The van der Waals surface area contributed by atoms with Crippen molar-refractivity contribution >= 4 is 32.8 Å². The number of hydrogen-bond acceptors (Lipinski definition) is 7. The van der Waals surface area contributed by atoms with Crippen molar-refractivity contribution < 1.29 is 27.1 Å². The zero-order valence-electron chi connectivity index (χ0n) is 29.4. The summed E-state index contributed by atoms with van der Waals surface area (Å²) in [6, 6.07) is 18.9. The van der Waals surface area contributed by atoms with Gasteiger partial charge >= 0.3 is 6.09 Å². The van der Waals surface area contributed by atoms with Crippen LogP contribution in [0.4, 0.5) is 15.0 Å². The van der Waals surface area contributed by atoms with E-state index < -0.39 is 21.6 Å². The quantitative estimate of drug-likeness (QED) is 0.155. The van der Waals surface area contributed by atoms with Gasteiger partial charge in [-0.3, -0.25) is 4.68 Å². The molecule has 0 saturated carbocycles. The van der Waals surface area contributed by atoms with Gasteiger partial charge in [-0.25, -0.2) is 22.5 Å². The Morgan fingerprint density at radius 1 is 1.04 bits per heavy atom. The second-order valence-electron chi connectivity index (χ2n) is 13.7. The second-order valence-corrected chi connectivity index (χ2v) is 15.5. The third-order valence-corrected chi connectivity index (χ3v) is 11.0. The van der Waals surface area contributed by atoms with Gasteiger partial charge in [0.05, 0.1) is 36.3 Å². The molecule has 3 aromatic carbocycles. The number of nitrogens with zero attached hydrogens (tertiary/aromatic N) is 5. The van der Waals surface area contributed by atoms with E-state index in [1.807, 2.05) is 63.6 Å². The molecular formula is C38H42FN5O5S. The predicted molar refractivity (Wildman–Crippen MR) is 190 cm³/mol. The Morgan fingerprint density at radius 2 is 1.80 bits per heavy atom. The fourth-order valence-corrected chi connectivity index (χ4v) is 8.08. The molecule has 1 aliphatic rings. The van der Waals surface area contributed by atoms with Crippen molar-refractivity contribution in [2.24, 2.45) is 0 Å². The van der Waals surface area contributed by atoms with Gasteiger partial charge in [0.15, 0.2) is 0 Å². The Hall–Kier alpha value is -4.97. The summed E-state index contributed by atoms with van der Waals surface area (Å²) in [5.74, 6) is -0.166. The average Bonchev–Trinajstić information content (AvgIpc) is 3.48. The number of ether oxygens (including phenoxy) is 2. The number of aromatic nitrogens is 3. The minimum absolute atomic E-state index is 0.0293. The lowest BCUT2D eigenvalue weighted by atomic mass is 9.92. The molecule has 0 unspecified atom stereocenters. The van der Waals surface area contributed by atoms with Crippen molar-refractivity contribution in [2.45, 2.75) is 77.6 Å². The fourth-order valence-electron chi connectivity index (χ4n) is 6.45. The number of rotatable bonds is 8. The highest BCUT2D eigenvalue weighted by Crippen LogP contribution is 2.34. The van der Waals surface area contributed by atoms with Crippen LogP contribution in [-0.2, 0) is 34.3 Å². The predicted octanol–water partition coefficient (Wildman–Crippen LogP) is 7.49. The monoisotopic (exact) mass is 699 g/mol. The van der Waals surface area contributed by atoms with Crippen LogP contribution in [-0.4, -0.2) is 53.4 Å². The molecule has 1 aliphatic heterocycles. The number of halogens is 1. The summed E-state index contributed by atoms with van der Waals surface area (Å²) >= 11 is 0. The largest absolute Gasteiger partial charge is 0.497 e. The zero-order valence-corrected chi connectivity index (χ0v) is 30.2. The van der Waals surface area contributed by atoms with Gasteiger partial charge in [0.2, 0.25) is 5.95 Å². The molecule has 0 bridgehead atoms. The van der Waals surface area contributed by atoms with E-state index in [-0.39, 0.29) is 29.4 Å². The molecule has 3 heterocycles. The highest BCUT2D eigenvalue weighted by Gasteiger charge is 2.31. The van der Waals surface area contributed by atoms with Gasteiger partial charge in [0.1, 0.15) is 17.2 Å². The summed E-state index contributed by atoms with van der Waals surface area (Å²) < 4.78 is 57.4. The van der Waals surface area contributed by atoms with Gasteiger partial charge < -0.3 is 14.4 Å². The Bertz CT molecular complexity index is 2190. The first-order valence-electron chi connectivity index (χ1n) is 16.5. The van der Waals surface area contributed by atoms with Crippen molar-refractivity contribution in [1.29, 1.82) is 0 Å². The van der Waals surface area contributed by atoms with Gasteiger partial charge in [-0.05, 0) is 118 Å². The zero-order chi connectivity index (χ0) is 36.0. The molecule has 1 atom stereocenters. The number of fused-ring (bicyclic) bond motifs is 2. The summed E-state index contributed by atoms with van der Waals surface area (Å²) in [7, 11) is -2.67. The molecule has 5 aromatic rings. The molecule has 0 spiro atoms. The maximum absolute atomic E-state index is 14.5. The molecule has 0 radical (unpaired) electrons. The number of amides is 1. The number of aryl methyl sites for hydroxylation is 2. The Balaban J connectivity index is 1.36. The van der Waals surface area contributed by atoms with Crippen LogP contribution in [0, 0.1) is 19.8 Å². The van der Waals surface area contributed by atoms with Gasteiger partial charge in [-0.2, -0.15) is 9.49 Å². The van der Waals surface area contributed by atoms with Gasteiger partial charge in [0, 0.05) is 18.5 Å². The number of carbonyl (C=O) groups excluding carboxylic acids is 1. The summed E-state index contributed by atoms with van der Waals surface area (Å²) in [6.45, 7) is 12.1. The molecule has 6 rings (SSSR count). The first-order valence-corrected chi connectivity index (χ1v) is 18.0. The van der Waals surface area contributed by atoms with Crippen LogP contribution in [0.5, 0.6) is 5.75 Å². The van der Waals surface area contributed by atoms with E-state index in [4.69, 9.17) is 14.6 Å². The molecular weight excluding hydrogens is 658 g/mol. The Labute approximate surface area is 292 Å². The summed E-state index contributed by atoms with van der Waals surface area (Å²) in [5, 5.41) is 5.36. The number of pyridine rings is 1. The molecule has 0 fully saturated rings. The number of benzene rings is 3. The van der Waals surface area contributed by atoms with Gasteiger partial charge in [-0.1, -0.05) is 30.3 Å². The minimum Gasteiger partial charge on any atom is -0.497 e. The van der Waals surface area contributed by atoms with Gasteiger partial charge in [-0.15, -0.1) is 0 Å². The molecule has 12 heteroatoms. The van der Waals surface area contributed by atoms with Gasteiger partial charge in [0.25, 0.3) is 10.0 Å². The number of sulfonamides is 1. The molecule has 2 aromatic heterocycles. The van der Waals surface area contributed by atoms with Crippen LogP contribution in [0.15, 0.2) is 77.8 Å². The molecule has 0 N–H and O–H groups in total. The molecule has 50 heavy (non-hydrogen) atoms. The number of carbonyl (C=O) groups is 1. The highest BCUT2D eigenvalue weighted by molar-refractivity contribution is 7.92. The van der Waals surface area contributed by atoms with E-state index in [0.29, 0.717) is 36.2 Å². The van der Waals surface area contributed by atoms with Crippen LogP contribution in [0.2, 0.25) is 0 Å². The maximum Gasteiger partial charge on any atom is 0.410 e. The lowest BCUT2D eigenvalue weighted by Crippen LogP contribution is -2.40. The lowest BCUT2D eigenvalue weighted by Gasteiger charge is -2.33. The van der Waals surface area contributed by atoms with E-state index in [1.54, 1.807) is 43.3 Å². The standard InChI is InChI=1S/C38H42FN5O5S/c1-24-18-30(48-7)15-14-28(24)22-43(36-13-9-12-35(39)41-36)50(46,47)34-20-29-21-40-44(33(29)19-25(34)2)26(3)31-11-8-10-27-16-17-42(23-32(27)31)37(45)49-38(4,5)6/h8-15,18-21,26H,16-17,22-23H2,1-7H3/t26-/m1/s1. The molecule has 0 saturated heterocycles. The smallest absolute Gasteiger partial charge is 0.410 e. The highest BCUT2D eigenvalue weighted by atomic mass is 32.2. The van der Waals surface area contributed by atoms with Crippen molar-refractivity contribution in [2.75, 3.05) is 18.0 Å². The second kappa shape index (κ2) is 13.4. The first kappa shape index (κ1) is 34.9. The molecule has 1 amide bonds. The SMILES string of the molecule is COc1ccc(CN(c2cccc(F)n2)S(=O)(=O)c2cc3cnn([C@H](C)c4cccc5c4CN(C(=O)OC(C)(C)C)CC5)c3cc2C)c(C)c1. The van der Waals surface area contributed by atoms with Crippen molar-refractivity contribution in [3.8, 4) is 5.75 Å². The maximum atomic E-state index is 14.5. The third kappa shape index (κ3) is 6.89. The van der Waals surface area contributed by atoms with Crippen LogP contribution in [0.25, 0.3) is 10.9 Å². The molecule has 262 valence electrons. The fraction of sp³-hybridized carbons (Fsp3) is 0.342. The topological polar surface area (TPSA) is 107 Å². The number of hydrogen-bond donors (Lipinski definition) is 0. The summed E-state index contributed by atoms with van der Waals surface area (Å²) in [6.07, 6.45) is 2.02. The van der Waals surface area contributed by atoms with Crippen LogP contribution >= 0.6 is 0 Å². The van der Waals surface area contributed by atoms with Crippen molar-refractivity contribution in [1.82, 2.24) is 19.7 Å². The van der Waals surface area contributed by atoms with Crippen molar-refractivity contribution in [3.63, 3.8) is 0 Å². The van der Waals surface area contributed by atoms with E-state index in [9.17, 15) is 17.6 Å². The van der Waals surface area contributed by atoms with Crippen LogP contribution in [0.3, 0.4) is 0 Å². The van der Waals surface area contributed by atoms with Crippen LogP contribution in [0.1, 0.15) is 67.1 Å². The summed E-state index contributed by atoms with van der Waals surface area (Å²) in [4.78, 5) is 18.7. The van der Waals surface area contributed by atoms with E-state index in [2.05, 4.69) is 11.1 Å². The normalized spacial score (nSPS) is 14.0.